The summed E-state index contributed by atoms with van der Waals surface area (Å²) in [5.74, 6) is 0.199. The van der Waals surface area contributed by atoms with E-state index >= 15 is 0 Å². The molecule has 1 amide bonds. The van der Waals surface area contributed by atoms with Crippen LogP contribution in [-0.2, 0) is 4.74 Å². The maximum atomic E-state index is 12.4. The number of hydrogen-bond donors (Lipinski definition) is 3. The highest BCUT2D eigenvalue weighted by Gasteiger charge is 2.26. The van der Waals surface area contributed by atoms with E-state index in [9.17, 15) is 18.7 Å². The number of anilines is 1. The van der Waals surface area contributed by atoms with Crippen molar-refractivity contribution in [2.24, 2.45) is 0 Å². The number of aliphatic hydroxyl groups is 1. The number of hydrogen-bond acceptors (Lipinski definition) is 7. The van der Waals surface area contributed by atoms with Gasteiger partial charge in [-0.25, -0.2) is 14.5 Å². The predicted octanol–water partition coefficient (Wildman–Crippen LogP) is 3.52. The van der Waals surface area contributed by atoms with Crippen LogP contribution >= 0.6 is 0 Å². The third-order valence-electron chi connectivity index (χ3n) is 6.23. The molecule has 1 aliphatic carbocycles. The number of carbonyl (C=O) groups excluding carboxylic acids is 1. The zero-order valence-corrected chi connectivity index (χ0v) is 20.0. The summed E-state index contributed by atoms with van der Waals surface area (Å²) in [4.78, 5) is 21.0. The largest absolute Gasteiger partial charge is 0.393 e. The van der Waals surface area contributed by atoms with Crippen LogP contribution in [0.5, 0.6) is 0 Å². The highest BCUT2D eigenvalue weighted by Crippen LogP contribution is 2.38. The number of carbonyl (C=O) groups is 1. The first kappa shape index (κ1) is 24.9. The Bertz CT molecular complexity index is 1190. The van der Waals surface area contributed by atoms with Gasteiger partial charge in [0.05, 0.1) is 24.4 Å². The molecule has 1 saturated carbocycles. The monoisotopic (exact) mass is 488 g/mol. The molecular formula is C24H30F2N6O3. The van der Waals surface area contributed by atoms with Crippen molar-refractivity contribution in [2.75, 3.05) is 19.0 Å². The molecule has 35 heavy (non-hydrogen) atoms. The molecule has 0 aromatic carbocycles. The number of ether oxygens (including phenoxy) is 1. The Hall–Kier alpha value is -3.18. The van der Waals surface area contributed by atoms with Crippen LogP contribution < -0.4 is 10.6 Å². The van der Waals surface area contributed by atoms with Crippen LogP contribution in [0.2, 0.25) is 0 Å². The summed E-state index contributed by atoms with van der Waals surface area (Å²) in [6, 6.07) is 5.28. The van der Waals surface area contributed by atoms with Gasteiger partial charge in [-0.15, -0.1) is 5.10 Å². The van der Waals surface area contributed by atoms with Gasteiger partial charge in [0, 0.05) is 36.0 Å². The standard InChI is InChI=1S/C24H30F2N6O3/c1-13-8-16(9-19(29-13)22(34)27-3)18-10-20(15-4-6-17(33)7-5-15)32-21(18)11-28-24(31-32)30-14(2)12-35-23(25)26/h8-11,14-15,17,23,33H,4-7,12H2,1-3H3,(H,27,34)(H,30,31)/t14-,15-,17-/m0/s1. The minimum atomic E-state index is -2.84. The van der Waals surface area contributed by atoms with Gasteiger partial charge in [0.1, 0.15) is 5.69 Å². The van der Waals surface area contributed by atoms with Crippen molar-refractivity contribution in [1.29, 1.82) is 0 Å². The molecule has 1 aliphatic rings. The summed E-state index contributed by atoms with van der Waals surface area (Å²) in [6.45, 7) is 0.507. The lowest BCUT2D eigenvalue weighted by Gasteiger charge is -2.25. The van der Waals surface area contributed by atoms with Gasteiger partial charge in [0.2, 0.25) is 5.95 Å². The maximum absolute atomic E-state index is 12.4. The van der Waals surface area contributed by atoms with Crippen molar-refractivity contribution in [3.05, 3.63) is 41.5 Å². The summed E-state index contributed by atoms with van der Waals surface area (Å²) >= 11 is 0. The molecule has 3 aromatic heterocycles. The number of pyridine rings is 1. The molecular weight excluding hydrogens is 458 g/mol. The maximum Gasteiger partial charge on any atom is 0.345 e. The van der Waals surface area contributed by atoms with Crippen LogP contribution in [0, 0.1) is 6.92 Å². The molecule has 3 heterocycles. The molecule has 188 valence electrons. The average Bonchev–Trinajstić information content (AvgIpc) is 3.21. The zero-order valence-electron chi connectivity index (χ0n) is 20.0. The van der Waals surface area contributed by atoms with Crippen LogP contribution in [0.1, 0.15) is 60.4 Å². The highest BCUT2D eigenvalue weighted by molar-refractivity contribution is 5.94. The number of nitrogens with one attached hydrogen (secondary N) is 2. The van der Waals surface area contributed by atoms with E-state index in [-0.39, 0.29) is 24.5 Å². The number of alkyl halides is 2. The third-order valence-corrected chi connectivity index (χ3v) is 6.23. The number of halogens is 2. The molecule has 3 aromatic rings. The third kappa shape index (κ3) is 5.73. The van der Waals surface area contributed by atoms with Crippen LogP contribution in [0.25, 0.3) is 16.6 Å². The fourth-order valence-corrected chi connectivity index (χ4v) is 4.52. The molecule has 3 N–H and O–H groups in total. The Morgan fingerprint density at radius 1 is 1.26 bits per heavy atom. The first-order valence-electron chi connectivity index (χ1n) is 11.7. The van der Waals surface area contributed by atoms with Gasteiger partial charge >= 0.3 is 6.61 Å². The summed E-state index contributed by atoms with van der Waals surface area (Å²) in [6.07, 6.45) is 4.44. The van der Waals surface area contributed by atoms with E-state index in [4.69, 9.17) is 0 Å². The van der Waals surface area contributed by atoms with Crippen molar-refractivity contribution >= 4 is 17.4 Å². The van der Waals surface area contributed by atoms with Crippen LogP contribution in [0.3, 0.4) is 0 Å². The number of rotatable bonds is 8. The van der Waals surface area contributed by atoms with E-state index < -0.39 is 12.7 Å². The van der Waals surface area contributed by atoms with E-state index in [0.29, 0.717) is 30.2 Å². The van der Waals surface area contributed by atoms with Crippen molar-refractivity contribution in [3.63, 3.8) is 0 Å². The molecule has 0 saturated heterocycles. The normalized spacial score (nSPS) is 19.2. The average molecular weight is 489 g/mol. The van der Waals surface area contributed by atoms with Crippen molar-refractivity contribution in [3.8, 4) is 11.1 Å². The number of aliphatic hydroxyl groups excluding tert-OH is 1. The topological polar surface area (TPSA) is 114 Å². The van der Waals surface area contributed by atoms with E-state index in [0.717, 1.165) is 35.2 Å². The van der Waals surface area contributed by atoms with Crippen LogP contribution in [0.15, 0.2) is 24.4 Å². The molecule has 0 aliphatic heterocycles. The molecule has 1 atom stereocenters. The number of fused-ring (bicyclic) bond motifs is 1. The Labute approximate surface area is 201 Å². The van der Waals surface area contributed by atoms with Crippen molar-refractivity contribution in [1.82, 2.24) is 24.9 Å². The molecule has 9 nitrogen and oxygen atoms in total. The van der Waals surface area contributed by atoms with E-state index in [1.54, 1.807) is 26.2 Å². The Kier molecular flexibility index (Phi) is 7.56. The minimum Gasteiger partial charge on any atom is -0.393 e. The summed E-state index contributed by atoms with van der Waals surface area (Å²) < 4.78 is 31.0. The molecule has 0 radical (unpaired) electrons. The van der Waals surface area contributed by atoms with Gasteiger partial charge in [0.25, 0.3) is 5.91 Å². The second-order valence-electron chi connectivity index (χ2n) is 8.97. The number of amides is 1. The van der Waals surface area contributed by atoms with E-state index in [2.05, 4.69) is 36.5 Å². The van der Waals surface area contributed by atoms with Gasteiger partial charge in [-0.2, -0.15) is 8.78 Å². The second kappa shape index (κ2) is 10.6. The van der Waals surface area contributed by atoms with E-state index in [1.807, 2.05) is 17.5 Å². The van der Waals surface area contributed by atoms with Crippen molar-refractivity contribution < 1.29 is 23.4 Å². The smallest absolute Gasteiger partial charge is 0.345 e. The van der Waals surface area contributed by atoms with Gasteiger partial charge < -0.3 is 20.5 Å². The van der Waals surface area contributed by atoms with Crippen molar-refractivity contribution in [2.45, 2.75) is 64.2 Å². The van der Waals surface area contributed by atoms with Crippen LogP contribution in [-0.4, -0.2) is 63.0 Å². The Morgan fingerprint density at radius 3 is 2.69 bits per heavy atom. The van der Waals surface area contributed by atoms with E-state index in [1.165, 1.54) is 0 Å². The van der Waals surface area contributed by atoms with Gasteiger partial charge in [0.15, 0.2) is 0 Å². The summed E-state index contributed by atoms with van der Waals surface area (Å²) in [7, 11) is 1.56. The number of aromatic nitrogens is 4. The first-order valence-corrected chi connectivity index (χ1v) is 11.7. The minimum absolute atomic E-state index is 0.184. The number of nitrogens with zero attached hydrogens (tertiary/aromatic N) is 4. The van der Waals surface area contributed by atoms with Gasteiger partial charge in [-0.1, -0.05) is 0 Å². The van der Waals surface area contributed by atoms with Gasteiger partial charge in [-0.05, 0) is 63.3 Å². The van der Waals surface area contributed by atoms with Gasteiger partial charge in [-0.3, -0.25) is 4.79 Å². The molecule has 0 bridgehead atoms. The predicted molar refractivity (Wildman–Crippen MR) is 127 cm³/mol. The second-order valence-corrected chi connectivity index (χ2v) is 8.97. The lowest BCUT2D eigenvalue weighted by Crippen LogP contribution is -2.25. The number of aryl methyl sites for hydroxylation is 1. The molecule has 4 rings (SSSR count). The fourth-order valence-electron chi connectivity index (χ4n) is 4.52. The Balaban J connectivity index is 1.76. The highest BCUT2D eigenvalue weighted by atomic mass is 19.3. The lowest BCUT2D eigenvalue weighted by molar-refractivity contribution is -0.130. The molecule has 11 heteroatoms. The lowest BCUT2D eigenvalue weighted by atomic mass is 9.85. The first-order chi connectivity index (χ1) is 16.7. The zero-order chi connectivity index (χ0) is 25.1. The Morgan fingerprint density at radius 2 is 2.00 bits per heavy atom. The fraction of sp³-hybridized carbons (Fsp3) is 0.500. The molecule has 1 fully saturated rings. The quantitative estimate of drug-likeness (QED) is 0.445. The molecule has 0 spiro atoms. The summed E-state index contributed by atoms with van der Waals surface area (Å²) in [5, 5.41) is 20.3. The molecule has 0 unspecified atom stereocenters. The summed E-state index contributed by atoms with van der Waals surface area (Å²) in [5.41, 5.74) is 4.42. The SMILES string of the molecule is CNC(=O)c1cc(-c2cc([C@H]3CC[C@H](O)CC3)n3nc(N[C@@H](C)COC(F)F)ncc23)cc(C)n1. The van der Waals surface area contributed by atoms with Crippen LogP contribution in [0.4, 0.5) is 14.7 Å².